The van der Waals surface area contributed by atoms with Crippen LogP contribution in [0.15, 0.2) is 96.6 Å². The molecule has 0 atom stereocenters. The summed E-state index contributed by atoms with van der Waals surface area (Å²) in [5.74, 6) is -0.272. The third kappa shape index (κ3) is 2.30. The summed E-state index contributed by atoms with van der Waals surface area (Å²) in [7, 11) is 1.44. The standard InChI is InChI=1S/C23H18O2/c1-25-22(24)21-20(17-11-5-2-6-12-17)23(21,18-13-7-3-8-14-18)19-15-9-4-10-16-19/h2-16H,1H3. The Hall–Kier alpha value is -3.13. The van der Waals surface area contributed by atoms with Crippen LogP contribution in [0.1, 0.15) is 16.7 Å². The molecule has 4 rings (SSSR count). The average molecular weight is 326 g/mol. The highest BCUT2D eigenvalue weighted by Gasteiger charge is 2.59. The summed E-state index contributed by atoms with van der Waals surface area (Å²) >= 11 is 0. The van der Waals surface area contributed by atoms with Gasteiger partial charge < -0.3 is 4.74 Å². The minimum absolute atomic E-state index is 0.272. The quantitative estimate of drug-likeness (QED) is 0.654. The number of hydrogen-bond acceptors (Lipinski definition) is 2. The molecule has 0 bridgehead atoms. The molecule has 0 radical (unpaired) electrons. The zero-order valence-corrected chi connectivity index (χ0v) is 14.0. The Morgan fingerprint density at radius 1 is 0.720 bits per heavy atom. The molecule has 0 fully saturated rings. The minimum atomic E-state index is -0.545. The van der Waals surface area contributed by atoms with E-state index >= 15 is 0 Å². The highest BCUT2D eigenvalue weighted by atomic mass is 16.5. The molecule has 0 aromatic heterocycles. The van der Waals surface area contributed by atoms with Gasteiger partial charge in [-0.3, -0.25) is 0 Å². The molecule has 0 N–H and O–H groups in total. The van der Waals surface area contributed by atoms with E-state index in [4.69, 9.17) is 4.74 Å². The molecular formula is C23H18O2. The van der Waals surface area contributed by atoms with E-state index in [0.717, 1.165) is 27.8 Å². The number of carbonyl (C=O) groups is 1. The van der Waals surface area contributed by atoms with Gasteiger partial charge in [0, 0.05) is 0 Å². The van der Waals surface area contributed by atoms with Gasteiger partial charge in [-0.15, -0.1) is 0 Å². The van der Waals surface area contributed by atoms with Crippen LogP contribution in [0, 0.1) is 0 Å². The lowest BCUT2D eigenvalue weighted by molar-refractivity contribution is -0.135. The van der Waals surface area contributed by atoms with Gasteiger partial charge in [-0.25, -0.2) is 4.79 Å². The Morgan fingerprint density at radius 2 is 1.16 bits per heavy atom. The van der Waals surface area contributed by atoms with Gasteiger partial charge in [0.05, 0.1) is 18.1 Å². The van der Waals surface area contributed by atoms with Crippen LogP contribution in [0.25, 0.3) is 5.57 Å². The summed E-state index contributed by atoms with van der Waals surface area (Å²) in [5.41, 5.74) is 4.42. The zero-order valence-electron chi connectivity index (χ0n) is 14.0. The number of ether oxygens (including phenoxy) is 1. The van der Waals surface area contributed by atoms with E-state index < -0.39 is 5.41 Å². The van der Waals surface area contributed by atoms with Crippen LogP contribution in [0.5, 0.6) is 0 Å². The Labute approximate surface area is 147 Å². The van der Waals surface area contributed by atoms with E-state index in [2.05, 4.69) is 24.3 Å². The second-order valence-electron chi connectivity index (χ2n) is 6.09. The third-order valence-corrected chi connectivity index (χ3v) is 4.80. The van der Waals surface area contributed by atoms with Crippen molar-refractivity contribution >= 4 is 11.5 Å². The molecule has 0 amide bonds. The predicted molar refractivity (Wildman–Crippen MR) is 99.0 cm³/mol. The van der Waals surface area contributed by atoms with Gasteiger partial charge in [-0.05, 0) is 22.3 Å². The molecule has 3 aromatic rings. The summed E-state index contributed by atoms with van der Waals surface area (Å²) in [6, 6.07) is 30.4. The molecule has 0 spiro atoms. The van der Waals surface area contributed by atoms with Crippen molar-refractivity contribution in [2.45, 2.75) is 5.41 Å². The highest BCUT2D eigenvalue weighted by molar-refractivity contribution is 6.18. The Balaban J connectivity index is 1.98. The Kier molecular flexibility index (Phi) is 3.73. The van der Waals surface area contributed by atoms with E-state index in [1.807, 2.05) is 66.7 Å². The van der Waals surface area contributed by atoms with Crippen LogP contribution in [0.2, 0.25) is 0 Å². The van der Waals surface area contributed by atoms with Crippen molar-refractivity contribution in [3.63, 3.8) is 0 Å². The molecule has 1 aliphatic rings. The fourth-order valence-electron chi connectivity index (χ4n) is 3.72. The van der Waals surface area contributed by atoms with Gasteiger partial charge in [0.15, 0.2) is 0 Å². The highest BCUT2D eigenvalue weighted by Crippen LogP contribution is 2.63. The van der Waals surface area contributed by atoms with Crippen LogP contribution < -0.4 is 0 Å². The summed E-state index contributed by atoms with van der Waals surface area (Å²) in [6.07, 6.45) is 0. The smallest absolute Gasteiger partial charge is 0.335 e. The fourth-order valence-corrected chi connectivity index (χ4v) is 3.72. The second kappa shape index (κ2) is 6.06. The topological polar surface area (TPSA) is 26.3 Å². The maximum Gasteiger partial charge on any atom is 0.335 e. The van der Waals surface area contributed by atoms with Crippen molar-refractivity contribution in [3.8, 4) is 0 Å². The number of carbonyl (C=O) groups excluding carboxylic acids is 1. The number of allylic oxidation sites excluding steroid dienone is 1. The maximum absolute atomic E-state index is 12.6. The molecule has 25 heavy (non-hydrogen) atoms. The van der Waals surface area contributed by atoms with Gasteiger partial charge >= 0.3 is 5.97 Å². The first kappa shape index (κ1) is 15.4. The number of rotatable bonds is 4. The number of benzene rings is 3. The lowest BCUT2D eigenvalue weighted by atomic mass is 9.80. The molecule has 122 valence electrons. The summed E-state index contributed by atoms with van der Waals surface area (Å²) < 4.78 is 5.13. The monoisotopic (exact) mass is 326 g/mol. The van der Waals surface area contributed by atoms with Crippen molar-refractivity contribution in [2.75, 3.05) is 7.11 Å². The number of hydrogen-bond donors (Lipinski definition) is 0. The molecule has 0 saturated heterocycles. The maximum atomic E-state index is 12.6. The molecule has 1 aliphatic carbocycles. The van der Waals surface area contributed by atoms with Gasteiger partial charge in [0.25, 0.3) is 0 Å². The van der Waals surface area contributed by atoms with Crippen molar-refractivity contribution in [1.29, 1.82) is 0 Å². The van der Waals surface area contributed by atoms with Gasteiger partial charge in [0.1, 0.15) is 0 Å². The van der Waals surface area contributed by atoms with Gasteiger partial charge in [-0.2, -0.15) is 0 Å². The predicted octanol–water partition coefficient (Wildman–Crippen LogP) is 4.61. The average Bonchev–Trinajstić information content (AvgIpc) is 3.41. The molecule has 3 aromatic carbocycles. The summed E-state index contributed by atoms with van der Waals surface area (Å²) in [6.45, 7) is 0. The lowest BCUT2D eigenvalue weighted by Gasteiger charge is -2.21. The minimum Gasteiger partial charge on any atom is -0.466 e. The summed E-state index contributed by atoms with van der Waals surface area (Å²) in [5, 5.41) is 0. The fraction of sp³-hybridized carbons (Fsp3) is 0.0870. The van der Waals surface area contributed by atoms with E-state index in [0.29, 0.717) is 0 Å². The van der Waals surface area contributed by atoms with Crippen LogP contribution in [0.3, 0.4) is 0 Å². The largest absolute Gasteiger partial charge is 0.466 e. The third-order valence-electron chi connectivity index (χ3n) is 4.80. The van der Waals surface area contributed by atoms with E-state index in [1.54, 1.807) is 0 Å². The van der Waals surface area contributed by atoms with Crippen LogP contribution in [0.4, 0.5) is 0 Å². The van der Waals surface area contributed by atoms with Crippen LogP contribution in [-0.4, -0.2) is 13.1 Å². The molecule has 0 unspecified atom stereocenters. The Morgan fingerprint density at radius 3 is 1.60 bits per heavy atom. The Bertz CT molecular complexity index is 886. The van der Waals surface area contributed by atoms with Gasteiger partial charge in [-0.1, -0.05) is 91.0 Å². The van der Waals surface area contributed by atoms with Crippen LogP contribution >= 0.6 is 0 Å². The molecular weight excluding hydrogens is 308 g/mol. The normalized spacial score (nSPS) is 14.9. The van der Waals surface area contributed by atoms with E-state index in [1.165, 1.54) is 7.11 Å². The van der Waals surface area contributed by atoms with Crippen LogP contribution in [-0.2, 0) is 14.9 Å². The summed E-state index contributed by atoms with van der Waals surface area (Å²) in [4.78, 5) is 12.6. The van der Waals surface area contributed by atoms with Crippen molar-refractivity contribution < 1.29 is 9.53 Å². The first-order valence-corrected chi connectivity index (χ1v) is 8.30. The van der Waals surface area contributed by atoms with E-state index in [9.17, 15) is 4.79 Å². The SMILES string of the molecule is COC(=O)C1=C(c2ccccc2)C1(c1ccccc1)c1ccccc1. The first-order chi connectivity index (χ1) is 12.3. The lowest BCUT2D eigenvalue weighted by Crippen LogP contribution is -2.19. The number of methoxy groups -OCH3 is 1. The second-order valence-corrected chi connectivity index (χ2v) is 6.09. The zero-order chi connectivity index (χ0) is 17.3. The van der Waals surface area contributed by atoms with E-state index in [-0.39, 0.29) is 5.97 Å². The van der Waals surface area contributed by atoms with Gasteiger partial charge in [0.2, 0.25) is 0 Å². The molecule has 0 heterocycles. The molecule has 2 heteroatoms. The van der Waals surface area contributed by atoms with Crippen molar-refractivity contribution in [1.82, 2.24) is 0 Å². The number of esters is 1. The molecule has 2 nitrogen and oxygen atoms in total. The molecule has 0 aliphatic heterocycles. The molecule has 0 saturated carbocycles. The van der Waals surface area contributed by atoms with Crippen molar-refractivity contribution in [2.24, 2.45) is 0 Å². The van der Waals surface area contributed by atoms with Crippen molar-refractivity contribution in [3.05, 3.63) is 113 Å². The first-order valence-electron chi connectivity index (χ1n) is 8.30.